The fourth-order valence-corrected chi connectivity index (χ4v) is 5.26. The number of rotatable bonds is 9. The number of aromatic carboxylic acids is 1. The summed E-state index contributed by atoms with van der Waals surface area (Å²) < 4.78 is 16.9. The van der Waals surface area contributed by atoms with Gasteiger partial charge in [-0.1, -0.05) is 12.1 Å². The Kier molecular flexibility index (Phi) is 7.99. The van der Waals surface area contributed by atoms with Gasteiger partial charge in [-0.2, -0.15) is 0 Å². The van der Waals surface area contributed by atoms with E-state index in [9.17, 15) is 14.7 Å². The largest absolute Gasteiger partial charge is 0.495 e. The van der Waals surface area contributed by atoms with Gasteiger partial charge in [0.15, 0.2) is 5.11 Å². The van der Waals surface area contributed by atoms with Crippen LogP contribution < -0.4 is 20.3 Å². The lowest BCUT2D eigenvalue weighted by Crippen LogP contribution is -2.29. The zero-order valence-electron chi connectivity index (χ0n) is 22.6. The molecule has 1 aliphatic rings. The highest BCUT2D eigenvalue weighted by Crippen LogP contribution is 2.44. The predicted octanol–water partition coefficient (Wildman–Crippen LogP) is 5.12. The first-order valence-electron chi connectivity index (χ1n) is 12.7. The number of nitrogens with zero attached hydrogens (tertiary/aromatic N) is 2. The molecule has 2 aromatic carbocycles. The first-order chi connectivity index (χ1) is 19.8. The molecule has 0 saturated carbocycles. The topological polar surface area (TPSA) is 126 Å². The molecule has 210 valence electrons. The van der Waals surface area contributed by atoms with Crippen molar-refractivity contribution in [3.63, 3.8) is 0 Å². The Morgan fingerprint density at radius 2 is 1.95 bits per heavy atom. The van der Waals surface area contributed by atoms with Crippen molar-refractivity contribution in [2.75, 3.05) is 31.0 Å². The summed E-state index contributed by atoms with van der Waals surface area (Å²) in [6, 6.07) is 18.9. The summed E-state index contributed by atoms with van der Waals surface area (Å²) in [7, 11) is 2.97. The van der Waals surface area contributed by atoms with Crippen LogP contribution in [0.2, 0.25) is 0 Å². The van der Waals surface area contributed by atoms with E-state index in [4.69, 9.17) is 26.1 Å². The number of furan rings is 1. The molecule has 1 saturated heterocycles. The average molecular weight is 573 g/mol. The number of thiocarbonyl (C=S) groups is 1. The average Bonchev–Trinajstić information content (AvgIpc) is 3.58. The van der Waals surface area contributed by atoms with Gasteiger partial charge in [0.2, 0.25) is 5.91 Å². The van der Waals surface area contributed by atoms with Crippen LogP contribution in [0, 0.1) is 6.92 Å². The number of anilines is 2. The van der Waals surface area contributed by atoms with E-state index in [2.05, 4.69) is 15.6 Å². The van der Waals surface area contributed by atoms with Gasteiger partial charge in [0, 0.05) is 24.6 Å². The number of pyridine rings is 1. The first kappa shape index (κ1) is 27.8. The third kappa shape index (κ3) is 5.63. The Bertz CT molecular complexity index is 1610. The smallest absolute Gasteiger partial charge is 0.335 e. The molecule has 1 fully saturated rings. The quantitative estimate of drug-likeness (QED) is 0.233. The standard InChI is InChI=1S/C30H28N4O6S/c1-17-14-18(29(36)37)7-9-20(17)23-11-12-25(40-23)28-27(21-6-4-5-13-31-21)33-30(41)34(28)19-8-10-24(39-3)22(15-19)32-26(35)16-38-2/h4-15,27-28H,16H2,1-3H3,(H,32,35)(H,33,41)(H,36,37). The molecule has 2 aromatic heterocycles. The summed E-state index contributed by atoms with van der Waals surface area (Å²) in [4.78, 5) is 30.2. The SMILES string of the molecule is COCC(=O)Nc1cc(N2C(=S)NC(c3ccccn3)C2c2ccc(-c3ccc(C(=O)O)cc3C)o2)ccc1OC. The maximum Gasteiger partial charge on any atom is 0.335 e. The Hall–Kier alpha value is -4.74. The molecule has 5 rings (SSSR count). The minimum absolute atomic E-state index is 0.108. The molecular weight excluding hydrogens is 544 g/mol. The molecule has 0 aliphatic carbocycles. The lowest BCUT2D eigenvalue weighted by atomic mass is 10.0. The Labute approximate surface area is 241 Å². The van der Waals surface area contributed by atoms with Gasteiger partial charge in [-0.15, -0.1) is 0 Å². The molecule has 0 bridgehead atoms. The van der Waals surface area contributed by atoms with Crippen LogP contribution in [-0.4, -0.2) is 47.9 Å². The maximum atomic E-state index is 12.3. The highest BCUT2D eigenvalue weighted by Gasteiger charge is 2.43. The van der Waals surface area contributed by atoms with Gasteiger partial charge in [-0.25, -0.2) is 4.79 Å². The van der Waals surface area contributed by atoms with E-state index in [-0.39, 0.29) is 24.1 Å². The van der Waals surface area contributed by atoms with Crippen molar-refractivity contribution >= 4 is 40.6 Å². The van der Waals surface area contributed by atoms with Crippen LogP contribution in [0.15, 0.2) is 77.3 Å². The number of nitrogens with one attached hydrogen (secondary N) is 2. The van der Waals surface area contributed by atoms with Crippen molar-refractivity contribution in [3.05, 3.63) is 95.5 Å². The van der Waals surface area contributed by atoms with Gasteiger partial charge in [0.05, 0.1) is 30.1 Å². The monoisotopic (exact) mass is 572 g/mol. The van der Waals surface area contributed by atoms with E-state index in [0.717, 1.165) is 16.8 Å². The van der Waals surface area contributed by atoms with Gasteiger partial charge in [0.25, 0.3) is 0 Å². The van der Waals surface area contributed by atoms with Crippen molar-refractivity contribution < 1.29 is 28.6 Å². The minimum Gasteiger partial charge on any atom is -0.495 e. The summed E-state index contributed by atoms with van der Waals surface area (Å²) in [6.45, 7) is 1.74. The van der Waals surface area contributed by atoms with Crippen molar-refractivity contribution in [2.24, 2.45) is 0 Å². The summed E-state index contributed by atoms with van der Waals surface area (Å²) in [5.41, 5.74) is 3.68. The molecule has 10 nitrogen and oxygen atoms in total. The van der Waals surface area contributed by atoms with Gasteiger partial charge in [-0.05, 0) is 79.3 Å². The molecule has 2 unspecified atom stereocenters. The highest BCUT2D eigenvalue weighted by atomic mass is 32.1. The third-order valence-electron chi connectivity index (χ3n) is 6.77. The number of hydrogen-bond donors (Lipinski definition) is 3. The third-order valence-corrected chi connectivity index (χ3v) is 7.08. The fourth-order valence-electron chi connectivity index (χ4n) is 4.91. The van der Waals surface area contributed by atoms with Crippen LogP contribution in [0.25, 0.3) is 11.3 Å². The van der Waals surface area contributed by atoms with Gasteiger partial charge < -0.3 is 34.5 Å². The van der Waals surface area contributed by atoms with Crippen LogP contribution in [-0.2, 0) is 9.53 Å². The van der Waals surface area contributed by atoms with Crippen LogP contribution >= 0.6 is 12.2 Å². The number of carbonyl (C=O) groups excluding carboxylic acids is 1. The molecule has 4 aromatic rings. The maximum absolute atomic E-state index is 12.3. The molecule has 2 atom stereocenters. The zero-order chi connectivity index (χ0) is 29.1. The number of carboxylic acids is 1. The highest BCUT2D eigenvalue weighted by molar-refractivity contribution is 7.80. The number of carboxylic acid groups (broad SMARTS) is 1. The lowest BCUT2D eigenvalue weighted by molar-refractivity contribution is -0.119. The number of methoxy groups -OCH3 is 2. The van der Waals surface area contributed by atoms with Crippen molar-refractivity contribution in [3.8, 4) is 17.1 Å². The van der Waals surface area contributed by atoms with Gasteiger partial charge in [0.1, 0.15) is 29.9 Å². The van der Waals surface area contributed by atoms with E-state index in [1.54, 1.807) is 36.5 Å². The normalized spacial score (nSPS) is 16.4. The molecule has 0 spiro atoms. The number of amides is 1. The van der Waals surface area contributed by atoms with Crippen molar-refractivity contribution in [1.82, 2.24) is 10.3 Å². The number of aryl methyl sites for hydroxylation is 1. The zero-order valence-corrected chi connectivity index (χ0v) is 23.4. The molecule has 3 N–H and O–H groups in total. The second-order valence-electron chi connectivity index (χ2n) is 9.40. The fraction of sp³-hybridized carbons (Fsp3) is 0.200. The van der Waals surface area contributed by atoms with Crippen molar-refractivity contribution in [2.45, 2.75) is 19.0 Å². The van der Waals surface area contributed by atoms with Crippen LogP contribution in [0.3, 0.4) is 0 Å². The summed E-state index contributed by atoms with van der Waals surface area (Å²) in [5.74, 6) is 0.374. The first-order valence-corrected chi connectivity index (χ1v) is 13.1. The molecule has 3 heterocycles. The van der Waals surface area contributed by atoms with Crippen LogP contribution in [0.4, 0.5) is 11.4 Å². The summed E-state index contributed by atoms with van der Waals surface area (Å²) >= 11 is 5.82. The van der Waals surface area contributed by atoms with E-state index in [1.165, 1.54) is 14.2 Å². The van der Waals surface area contributed by atoms with E-state index < -0.39 is 12.0 Å². The molecule has 0 radical (unpaired) electrons. The summed E-state index contributed by atoms with van der Waals surface area (Å²) in [6.07, 6.45) is 1.72. The van der Waals surface area contributed by atoms with Crippen LogP contribution in [0.5, 0.6) is 5.75 Å². The number of hydrogen-bond acceptors (Lipinski definition) is 7. The second-order valence-corrected chi connectivity index (χ2v) is 9.79. The minimum atomic E-state index is -0.989. The summed E-state index contributed by atoms with van der Waals surface area (Å²) in [5, 5.41) is 16.0. The van der Waals surface area contributed by atoms with E-state index in [0.29, 0.717) is 33.8 Å². The van der Waals surface area contributed by atoms with Gasteiger partial charge >= 0.3 is 5.97 Å². The van der Waals surface area contributed by atoms with E-state index in [1.807, 2.05) is 48.2 Å². The second kappa shape index (κ2) is 11.8. The number of ether oxygens (including phenoxy) is 2. The molecule has 1 aliphatic heterocycles. The number of carbonyl (C=O) groups is 2. The Balaban J connectivity index is 1.58. The number of benzene rings is 2. The van der Waals surface area contributed by atoms with Crippen LogP contribution in [0.1, 0.15) is 39.5 Å². The lowest BCUT2D eigenvalue weighted by Gasteiger charge is -2.27. The Morgan fingerprint density at radius 1 is 1.12 bits per heavy atom. The number of aromatic nitrogens is 1. The van der Waals surface area contributed by atoms with Gasteiger partial charge in [-0.3, -0.25) is 9.78 Å². The van der Waals surface area contributed by atoms with Crippen molar-refractivity contribution in [1.29, 1.82) is 0 Å². The molecule has 1 amide bonds. The molecule has 41 heavy (non-hydrogen) atoms. The molecular formula is C30H28N4O6S. The molecule has 11 heteroatoms. The van der Waals surface area contributed by atoms with E-state index >= 15 is 0 Å². The Morgan fingerprint density at radius 3 is 2.63 bits per heavy atom. The predicted molar refractivity (Wildman–Crippen MR) is 157 cm³/mol.